The van der Waals surface area contributed by atoms with E-state index in [4.69, 9.17) is 14.6 Å². The van der Waals surface area contributed by atoms with E-state index >= 15 is 0 Å². The average molecular weight is 463 g/mol. The zero-order chi connectivity index (χ0) is 23.7. The van der Waals surface area contributed by atoms with Crippen LogP contribution in [0.4, 0.5) is 5.69 Å². The predicted octanol–water partition coefficient (Wildman–Crippen LogP) is 4.24. The van der Waals surface area contributed by atoms with Crippen molar-refractivity contribution < 1.29 is 14.3 Å². The third-order valence-electron chi connectivity index (χ3n) is 7.37. The molecule has 1 amide bonds. The van der Waals surface area contributed by atoms with Crippen molar-refractivity contribution in [1.29, 1.82) is 0 Å². The summed E-state index contributed by atoms with van der Waals surface area (Å²) < 4.78 is 15.8. The second-order valence-electron chi connectivity index (χ2n) is 10.6. The third-order valence-corrected chi connectivity index (χ3v) is 7.37. The Balaban J connectivity index is 1.37. The highest BCUT2D eigenvalue weighted by Gasteiger charge is 2.54. The topological polar surface area (TPSA) is 87.4 Å². The van der Waals surface area contributed by atoms with Gasteiger partial charge in [0.2, 0.25) is 0 Å². The summed E-state index contributed by atoms with van der Waals surface area (Å²) in [5.74, 6) is 0.0897. The van der Waals surface area contributed by atoms with Crippen LogP contribution in [0.3, 0.4) is 0 Å². The molecule has 1 aromatic carbocycles. The zero-order valence-electron chi connectivity index (χ0n) is 19.8. The Morgan fingerprint density at radius 2 is 2.12 bits per heavy atom. The van der Waals surface area contributed by atoms with E-state index in [1.807, 2.05) is 36.9 Å². The summed E-state index contributed by atoms with van der Waals surface area (Å²) >= 11 is 0. The molecule has 2 saturated carbocycles. The monoisotopic (exact) mass is 462 g/mol. The summed E-state index contributed by atoms with van der Waals surface area (Å²) in [6, 6.07) is 7.33. The Bertz CT molecular complexity index is 1340. The highest BCUT2D eigenvalue weighted by Crippen LogP contribution is 2.51. The maximum atomic E-state index is 13.4. The number of carbonyl (C=O) groups is 1. The fourth-order valence-corrected chi connectivity index (χ4v) is 5.45. The standard InChI is InChI=1S/C26H30N4O4/c1-16(2)34-22-12-21-17(13-30(28-21)26-9-8-25(3,14-26)33-15-26)11-19(22)23(31)27-20-5-4-10-29(24(20)32)18-6-7-18/h4-5,10-13,16,18H,6-9,14-15H2,1-3H3,(H,27,31)/t25-,26-/m1/s1. The van der Waals surface area contributed by atoms with Crippen molar-refractivity contribution in [3.8, 4) is 5.75 Å². The van der Waals surface area contributed by atoms with Gasteiger partial charge in [0.05, 0.1) is 34.9 Å². The zero-order valence-corrected chi connectivity index (χ0v) is 19.8. The second kappa shape index (κ2) is 7.43. The van der Waals surface area contributed by atoms with Crippen LogP contribution in [0, 0.1) is 0 Å². The van der Waals surface area contributed by atoms with Gasteiger partial charge in [-0.05, 0) is 64.7 Å². The van der Waals surface area contributed by atoms with Gasteiger partial charge in [-0.1, -0.05) is 0 Å². The number of fused-ring (bicyclic) bond motifs is 3. The molecule has 0 radical (unpaired) electrons. The number of pyridine rings is 1. The lowest BCUT2D eigenvalue weighted by Gasteiger charge is -2.26. The lowest BCUT2D eigenvalue weighted by molar-refractivity contribution is -0.0149. The number of aromatic nitrogens is 3. The van der Waals surface area contributed by atoms with Crippen LogP contribution >= 0.6 is 0 Å². The second-order valence-corrected chi connectivity index (χ2v) is 10.6. The molecule has 2 aliphatic carbocycles. The number of hydrogen-bond donors (Lipinski definition) is 1. The molecule has 2 aromatic heterocycles. The highest BCUT2D eigenvalue weighted by molar-refractivity contribution is 6.08. The maximum absolute atomic E-state index is 13.4. The molecule has 3 fully saturated rings. The summed E-state index contributed by atoms with van der Waals surface area (Å²) in [5.41, 5.74) is 1.06. The normalized spacial score (nSPS) is 25.9. The van der Waals surface area contributed by atoms with E-state index in [9.17, 15) is 9.59 Å². The van der Waals surface area contributed by atoms with Gasteiger partial charge in [0.25, 0.3) is 11.5 Å². The van der Waals surface area contributed by atoms with Crippen molar-refractivity contribution in [2.24, 2.45) is 0 Å². The molecule has 8 nitrogen and oxygen atoms in total. The quantitative estimate of drug-likeness (QED) is 0.592. The van der Waals surface area contributed by atoms with Crippen LogP contribution in [0.15, 0.2) is 41.5 Å². The molecule has 3 aromatic rings. The molecule has 2 bridgehead atoms. The first-order valence-electron chi connectivity index (χ1n) is 12.1. The Morgan fingerprint density at radius 1 is 1.29 bits per heavy atom. The van der Waals surface area contributed by atoms with Gasteiger partial charge in [0.15, 0.2) is 0 Å². The van der Waals surface area contributed by atoms with Crippen LogP contribution in [0.1, 0.15) is 69.3 Å². The van der Waals surface area contributed by atoms with Gasteiger partial charge in [-0.2, -0.15) is 5.10 Å². The SMILES string of the molecule is CC(C)Oc1cc2nn([C@]34CC[C@](C)(C3)OC4)cc2cc1C(=O)Nc1cccn(C2CC2)c1=O. The van der Waals surface area contributed by atoms with Crippen molar-refractivity contribution in [3.63, 3.8) is 0 Å². The Labute approximate surface area is 197 Å². The van der Waals surface area contributed by atoms with Crippen molar-refractivity contribution in [2.75, 3.05) is 11.9 Å². The van der Waals surface area contributed by atoms with Crippen LogP contribution < -0.4 is 15.6 Å². The minimum Gasteiger partial charge on any atom is -0.490 e. The minimum atomic E-state index is -0.369. The molecule has 34 heavy (non-hydrogen) atoms. The molecule has 3 aliphatic rings. The summed E-state index contributed by atoms with van der Waals surface area (Å²) in [5, 5.41) is 8.55. The van der Waals surface area contributed by atoms with Crippen molar-refractivity contribution in [2.45, 2.75) is 76.2 Å². The molecule has 8 heteroatoms. The van der Waals surface area contributed by atoms with Gasteiger partial charge < -0.3 is 19.4 Å². The largest absolute Gasteiger partial charge is 0.490 e. The molecule has 1 aliphatic heterocycles. The Morgan fingerprint density at radius 3 is 2.76 bits per heavy atom. The van der Waals surface area contributed by atoms with Gasteiger partial charge in [-0.15, -0.1) is 0 Å². The average Bonchev–Trinajstić information content (AvgIpc) is 3.32. The van der Waals surface area contributed by atoms with Crippen molar-refractivity contribution in [1.82, 2.24) is 14.3 Å². The summed E-state index contributed by atoms with van der Waals surface area (Å²) in [6.45, 7) is 6.67. The number of anilines is 1. The predicted molar refractivity (Wildman–Crippen MR) is 129 cm³/mol. The van der Waals surface area contributed by atoms with Gasteiger partial charge >= 0.3 is 0 Å². The van der Waals surface area contributed by atoms with Crippen molar-refractivity contribution in [3.05, 3.63) is 52.6 Å². The van der Waals surface area contributed by atoms with Gasteiger partial charge in [0.1, 0.15) is 11.4 Å². The first kappa shape index (κ1) is 21.4. The molecule has 2 atom stereocenters. The van der Waals surface area contributed by atoms with Gasteiger partial charge in [-0.3, -0.25) is 14.3 Å². The number of rotatable bonds is 6. The first-order valence-corrected chi connectivity index (χ1v) is 12.1. The molecular weight excluding hydrogens is 432 g/mol. The van der Waals surface area contributed by atoms with Gasteiger partial charge in [0, 0.05) is 36.3 Å². The molecule has 0 unspecified atom stereocenters. The van der Waals surface area contributed by atoms with E-state index in [0.717, 1.165) is 43.0 Å². The number of nitrogens with one attached hydrogen (secondary N) is 1. The fraction of sp³-hybridized carbons (Fsp3) is 0.500. The minimum absolute atomic E-state index is 0.0713. The molecule has 3 heterocycles. The molecule has 1 N–H and O–H groups in total. The van der Waals surface area contributed by atoms with Crippen LogP contribution in [0.5, 0.6) is 5.75 Å². The lowest BCUT2D eigenvalue weighted by Crippen LogP contribution is -2.33. The third kappa shape index (κ3) is 3.52. The van der Waals surface area contributed by atoms with E-state index in [1.165, 1.54) is 0 Å². The van der Waals surface area contributed by atoms with E-state index in [-0.39, 0.29) is 40.4 Å². The number of ether oxygens (including phenoxy) is 2. The van der Waals surface area contributed by atoms with Crippen LogP contribution in [0.2, 0.25) is 0 Å². The molecule has 1 saturated heterocycles. The number of nitrogens with zero attached hydrogens (tertiary/aromatic N) is 3. The van der Waals surface area contributed by atoms with Gasteiger partial charge in [-0.25, -0.2) is 0 Å². The molecule has 178 valence electrons. The summed E-state index contributed by atoms with van der Waals surface area (Å²) in [7, 11) is 0. The Kier molecular flexibility index (Phi) is 4.68. The summed E-state index contributed by atoms with van der Waals surface area (Å²) in [4.78, 5) is 26.2. The van der Waals surface area contributed by atoms with E-state index in [0.29, 0.717) is 17.9 Å². The first-order chi connectivity index (χ1) is 16.3. The maximum Gasteiger partial charge on any atom is 0.274 e. The molecule has 0 spiro atoms. The van der Waals surface area contributed by atoms with Crippen LogP contribution in [-0.4, -0.2) is 38.6 Å². The summed E-state index contributed by atoms with van der Waals surface area (Å²) in [6.07, 6.45) is 8.66. The lowest BCUT2D eigenvalue weighted by atomic mass is 9.99. The highest BCUT2D eigenvalue weighted by atomic mass is 16.5. The molecular formula is C26H30N4O4. The van der Waals surface area contributed by atoms with E-state index < -0.39 is 0 Å². The number of carbonyl (C=O) groups excluding carboxylic acids is 1. The van der Waals surface area contributed by atoms with E-state index in [1.54, 1.807) is 22.9 Å². The molecule has 6 rings (SSSR count). The number of benzene rings is 1. The van der Waals surface area contributed by atoms with Crippen LogP contribution in [-0.2, 0) is 10.3 Å². The number of hydrogen-bond acceptors (Lipinski definition) is 5. The van der Waals surface area contributed by atoms with Crippen LogP contribution in [0.25, 0.3) is 10.9 Å². The Hall–Kier alpha value is -3.13. The smallest absolute Gasteiger partial charge is 0.274 e. The number of amides is 1. The fourth-order valence-electron chi connectivity index (χ4n) is 5.45. The van der Waals surface area contributed by atoms with Crippen molar-refractivity contribution >= 4 is 22.5 Å². The van der Waals surface area contributed by atoms with E-state index in [2.05, 4.69) is 12.2 Å².